The highest BCUT2D eigenvalue weighted by Gasteiger charge is 2.26. The Morgan fingerprint density at radius 3 is 2.76 bits per heavy atom. The maximum Gasteiger partial charge on any atom is 0.412 e. The molecule has 3 aromatic rings. The van der Waals surface area contributed by atoms with E-state index in [2.05, 4.69) is 15.3 Å². The average molecular weight is 449 g/mol. The van der Waals surface area contributed by atoms with Crippen LogP contribution < -0.4 is 5.32 Å². The van der Waals surface area contributed by atoms with E-state index in [-0.39, 0.29) is 12.6 Å². The zero-order valence-corrected chi connectivity index (χ0v) is 19.1. The van der Waals surface area contributed by atoms with Crippen molar-refractivity contribution in [2.75, 3.05) is 11.9 Å². The van der Waals surface area contributed by atoms with E-state index in [9.17, 15) is 9.59 Å². The Kier molecular flexibility index (Phi) is 6.35. The van der Waals surface area contributed by atoms with E-state index in [0.717, 1.165) is 34.9 Å². The van der Waals surface area contributed by atoms with Gasteiger partial charge in [0.25, 0.3) is 0 Å². The van der Waals surface area contributed by atoms with Gasteiger partial charge in [-0.2, -0.15) is 0 Å². The molecule has 0 saturated heterocycles. The maximum absolute atomic E-state index is 12.3. The molecule has 0 aliphatic carbocycles. The number of ether oxygens (including phenoxy) is 1. The summed E-state index contributed by atoms with van der Waals surface area (Å²) in [5.41, 5.74) is 3.56. The van der Waals surface area contributed by atoms with Crippen LogP contribution in [0.4, 0.5) is 10.5 Å². The second-order valence-electron chi connectivity index (χ2n) is 9.04. The number of allylic oxidation sites excluding steroid dienone is 1. The van der Waals surface area contributed by atoms with Crippen LogP contribution in [0.2, 0.25) is 0 Å². The van der Waals surface area contributed by atoms with Crippen LogP contribution in [0.25, 0.3) is 16.6 Å². The van der Waals surface area contributed by atoms with E-state index in [1.165, 1.54) is 0 Å². The summed E-state index contributed by atoms with van der Waals surface area (Å²) in [5, 5.41) is 5.20. The molecule has 4 rings (SSSR count). The van der Waals surface area contributed by atoms with Gasteiger partial charge in [-0.15, -0.1) is 0 Å². The molecule has 0 unspecified atom stereocenters. The topological polar surface area (TPSA) is 96.5 Å². The SMILES string of the molecule is CC(C)(C)C(=O)ON1C=C(c2c[nH]c3ncc(NC(=O)OCc4ccccc4)cc23)CCC1. The molecule has 3 heterocycles. The molecule has 0 fully saturated rings. The van der Waals surface area contributed by atoms with Gasteiger partial charge in [-0.1, -0.05) is 30.3 Å². The summed E-state index contributed by atoms with van der Waals surface area (Å²) >= 11 is 0. The van der Waals surface area contributed by atoms with E-state index < -0.39 is 11.5 Å². The Morgan fingerprint density at radius 1 is 1.21 bits per heavy atom. The number of aromatic nitrogens is 2. The molecule has 172 valence electrons. The number of anilines is 1. The molecule has 33 heavy (non-hydrogen) atoms. The Morgan fingerprint density at radius 2 is 2.00 bits per heavy atom. The molecule has 1 aliphatic heterocycles. The Bertz CT molecular complexity index is 1180. The van der Waals surface area contributed by atoms with Crippen LogP contribution in [-0.4, -0.2) is 33.6 Å². The van der Waals surface area contributed by atoms with Gasteiger partial charge in [-0.05, 0) is 50.8 Å². The van der Waals surface area contributed by atoms with Crippen molar-refractivity contribution in [3.63, 3.8) is 0 Å². The molecule has 8 nitrogen and oxygen atoms in total. The summed E-state index contributed by atoms with van der Waals surface area (Å²) in [6.45, 7) is 6.32. The van der Waals surface area contributed by atoms with Gasteiger partial charge in [0.2, 0.25) is 0 Å². The molecule has 0 bridgehead atoms. The number of nitrogens with zero attached hydrogens (tertiary/aromatic N) is 2. The van der Waals surface area contributed by atoms with Crippen LogP contribution in [0.5, 0.6) is 0 Å². The molecule has 2 aromatic heterocycles. The predicted molar refractivity (Wildman–Crippen MR) is 126 cm³/mol. The second-order valence-corrected chi connectivity index (χ2v) is 9.04. The highest BCUT2D eigenvalue weighted by molar-refractivity contribution is 5.94. The van der Waals surface area contributed by atoms with Gasteiger partial charge >= 0.3 is 12.1 Å². The van der Waals surface area contributed by atoms with Gasteiger partial charge < -0.3 is 14.6 Å². The van der Waals surface area contributed by atoms with Gasteiger partial charge in [-0.3, -0.25) is 5.32 Å². The van der Waals surface area contributed by atoms with Crippen LogP contribution in [0.1, 0.15) is 44.7 Å². The Labute approximate surface area is 192 Å². The summed E-state index contributed by atoms with van der Waals surface area (Å²) in [4.78, 5) is 37.6. The van der Waals surface area contributed by atoms with E-state index in [4.69, 9.17) is 9.57 Å². The van der Waals surface area contributed by atoms with Gasteiger partial charge in [0.1, 0.15) is 12.3 Å². The first kappa shape index (κ1) is 22.4. The minimum atomic E-state index is -0.578. The summed E-state index contributed by atoms with van der Waals surface area (Å²) < 4.78 is 5.30. The van der Waals surface area contributed by atoms with Crippen LogP contribution in [0.15, 0.2) is 55.0 Å². The number of H-pyrrole nitrogens is 1. The van der Waals surface area contributed by atoms with Crippen LogP contribution in [0.3, 0.4) is 0 Å². The van der Waals surface area contributed by atoms with Crippen molar-refractivity contribution in [3.8, 4) is 0 Å². The number of pyridine rings is 1. The third-order valence-corrected chi connectivity index (χ3v) is 5.27. The van der Waals surface area contributed by atoms with Gasteiger partial charge in [0, 0.05) is 23.3 Å². The number of hydrogen-bond donors (Lipinski definition) is 2. The number of hydroxylamine groups is 2. The summed E-state index contributed by atoms with van der Waals surface area (Å²) in [6, 6.07) is 11.4. The van der Waals surface area contributed by atoms with E-state index >= 15 is 0 Å². The molecule has 1 amide bonds. The molecule has 1 aromatic carbocycles. The number of carbonyl (C=O) groups is 2. The fourth-order valence-electron chi connectivity index (χ4n) is 3.46. The molecule has 0 radical (unpaired) electrons. The maximum atomic E-state index is 12.3. The number of rotatable bonds is 5. The lowest BCUT2D eigenvalue weighted by Crippen LogP contribution is -2.32. The zero-order valence-electron chi connectivity index (χ0n) is 19.1. The number of aromatic amines is 1. The molecule has 1 aliphatic rings. The van der Waals surface area contributed by atoms with Gasteiger partial charge in [-0.25, -0.2) is 19.6 Å². The molecule has 0 atom stereocenters. The summed E-state index contributed by atoms with van der Waals surface area (Å²) in [6.07, 6.45) is 6.48. The first-order valence-corrected chi connectivity index (χ1v) is 10.9. The number of amides is 1. The van der Waals surface area contributed by atoms with Crippen LogP contribution in [-0.2, 0) is 21.0 Å². The van der Waals surface area contributed by atoms with Crippen molar-refractivity contribution in [3.05, 3.63) is 66.1 Å². The minimum absolute atomic E-state index is 0.188. The molecule has 2 N–H and O–H groups in total. The summed E-state index contributed by atoms with van der Waals surface area (Å²) in [5.74, 6) is -0.277. The largest absolute Gasteiger partial charge is 0.444 e. The summed E-state index contributed by atoms with van der Waals surface area (Å²) in [7, 11) is 0. The number of carbonyl (C=O) groups excluding carboxylic acids is 2. The Balaban J connectivity index is 1.48. The highest BCUT2D eigenvalue weighted by Crippen LogP contribution is 2.32. The highest BCUT2D eigenvalue weighted by atomic mass is 16.7. The third kappa shape index (κ3) is 5.52. The van der Waals surface area contributed by atoms with E-state index in [1.54, 1.807) is 11.3 Å². The number of fused-ring (bicyclic) bond motifs is 1. The van der Waals surface area contributed by atoms with Gasteiger partial charge in [0.15, 0.2) is 0 Å². The first-order valence-electron chi connectivity index (χ1n) is 10.9. The number of hydrogen-bond acceptors (Lipinski definition) is 6. The van der Waals surface area contributed by atoms with Crippen molar-refractivity contribution < 1.29 is 19.2 Å². The van der Waals surface area contributed by atoms with Gasteiger partial charge in [0.05, 0.1) is 23.8 Å². The van der Waals surface area contributed by atoms with Crippen molar-refractivity contribution >= 4 is 34.4 Å². The molecule has 8 heteroatoms. The van der Waals surface area contributed by atoms with Crippen molar-refractivity contribution in [1.29, 1.82) is 0 Å². The van der Waals surface area contributed by atoms with E-state index in [1.807, 2.05) is 69.6 Å². The smallest absolute Gasteiger partial charge is 0.412 e. The fourth-order valence-corrected chi connectivity index (χ4v) is 3.46. The fraction of sp³-hybridized carbons (Fsp3) is 0.320. The van der Waals surface area contributed by atoms with Crippen molar-refractivity contribution in [2.45, 2.75) is 40.2 Å². The number of nitrogens with one attached hydrogen (secondary N) is 2. The minimum Gasteiger partial charge on any atom is -0.444 e. The van der Waals surface area contributed by atoms with Crippen LogP contribution >= 0.6 is 0 Å². The normalized spacial score (nSPS) is 14.0. The van der Waals surface area contributed by atoms with E-state index in [0.29, 0.717) is 17.9 Å². The predicted octanol–water partition coefficient (Wildman–Crippen LogP) is 5.25. The lowest BCUT2D eigenvalue weighted by Gasteiger charge is -2.28. The molecular formula is C25H28N4O4. The van der Waals surface area contributed by atoms with Crippen molar-refractivity contribution in [1.82, 2.24) is 15.0 Å². The van der Waals surface area contributed by atoms with Crippen LogP contribution in [0, 0.1) is 5.41 Å². The second kappa shape index (κ2) is 9.36. The third-order valence-electron chi connectivity index (χ3n) is 5.27. The molecule has 0 spiro atoms. The first-order chi connectivity index (χ1) is 15.8. The molecular weight excluding hydrogens is 420 g/mol. The lowest BCUT2D eigenvalue weighted by atomic mass is 9.97. The van der Waals surface area contributed by atoms with Crippen molar-refractivity contribution in [2.24, 2.45) is 5.41 Å². The lowest BCUT2D eigenvalue weighted by molar-refractivity contribution is -0.188. The monoisotopic (exact) mass is 448 g/mol. The standard InChI is InChI=1S/C25H28N4O4/c1-25(2,3)23(30)33-29-11-7-10-18(15-29)21-14-27-22-20(21)12-19(13-26-22)28-24(31)32-16-17-8-5-4-6-9-17/h4-6,8-9,12-15H,7,10-11,16H2,1-3H3,(H,26,27)(H,28,31). The zero-order chi connectivity index (χ0) is 23.4. The Hall–Kier alpha value is -3.81. The number of benzene rings is 1. The molecule has 0 saturated carbocycles. The average Bonchev–Trinajstić information content (AvgIpc) is 3.21. The quantitative estimate of drug-likeness (QED) is 0.553.